The van der Waals surface area contributed by atoms with Crippen molar-refractivity contribution in [2.45, 2.75) is 72.3 Å². The maximum absolute atomic E-state index is 12.3. The van der Waals surface area contributed by atoms with E-state index in [0.29, 0.717) is 11.3 Å². The first kappa shape index (κ1) is 22.0. The SMILES string of the molecule is CCC(C)CCCCc1ccc(OC(=O)c2ccc(O[C@H](C)CC)cc2)cc1. The van der Waals surface area contributed by atoms with Crippen LogP contribution in [0.3, 0.4) is 0 Å². The van der Waals surface area contributed by atoms with Gasteiger partial charge in [-0.15, -0.1) is 0 Å². The molecule has 2 aromatic carbocycles. The fourth-order valence-electron chi connectivity index (χ4n) is 2.90. The van der Waals surface area contributed by atoms with Gasteiger partial charge in [0.25, 0.3) is 0 Å². The van der Waals surface area contributed by atoms with E-state index in [-0.39, 0.29) is 12.1 Å². The lowest BCUT2D eigenvalue weighted by atomic mass is 9.99. The fourth-order valence-corrected chi connectivity index (χ4v) is 2.90. The Hall–Kier alpha value is -2.29. The highest BCUT2D eigenvalue weighted by atomic mass is 16.5. The van der Waals surface area contributed by atoms with Gasteiger partial charge in [0.2, 0.25) is 0 Å². The summed E-state index contributed by atoms with van der Waals surface area (Å²) in [4.78, 5) is 12.3. The predicted molar refractivity (Wildman–Crippen MR) is 115 cm³/mol. The Labute approximate surface area is 170 Å². The van der Waals surface area contributed by atoms with Gasteiger partial charge in [0.15, 0.2) is 0 Å². The quantitative estimate of drug-likeness (QED) is 0.242. The van der Waals surface area contributed by atoms with Crippen LogP contribution in [0.2, 0.25) is 0 Å². The molecule has 0 saturated carbocycles. The van der Waals surface area contributed by atoms with E-state index in [0.717, 1.165) is 24.5 Å². The van der Waals surface area contributed by atoms with E-state index in [4.69, 9.17) is 9.47 Å². The van der Waals surface area contributed by atoms with Crippen molar-refractivity contribution >= 4 is 5.97 Å². The molecule has 0 bridgehead atoms. The molecule has 2 atom stereocenters. The van der Waals surface area contributed by atoms with Crippen molar-refractivity contribution in [2.75, 3.05) is 0 Å². The highest BCUT2D eigenvalue weighted by molar-refractivity contribution is 5.91. The van der Waals surface area contributed by atoms with Crippen LogP contribution in [-0.2, 0) is 6.42 Å². The number of aryl methyl sites for hydroxylation is 1. The standard InChI is InChI=1S/C25H34O3/c1-5-19(3)9-7-8-10-21-11-15-24(16-12-21)28-25(26)22-13-17-23(18-14-22)27-20(4)6-2/h11-20H,5-10H2,1-4H3/t19?,20-/m1/s1. The van der Waals surface area contributed by atoms with E-state index < -0.39 is 0 Å². The number of carbonyl (C=O) groups excluding carboxylic acids is 1. The third-order valence-corrected chi connectivity index (χ3v) is 5.25. The number of unbranched alkanes of at least 4 members (excludes halogenated alkanes) is 1. The van der Waals surface area contributed by atoms with Crippen LogP contribution in [0, 0.1) is 5.92 Å². The van der Waals surface area contributed by atoms with Crippen molar-refractivity contribution in [3.63, 3.8) is 0 Å². The summed E-state index contributed by atoms with van der Waals surface area (Å²) >= 11 is 0. The Balaban J connectivity index is 1.82. The average molecular weight is 383 g/mol. The van der Waals surface area contributed by atoms with Crippen LogP contribution in [0.1, 0.15) is 75.7 Å². The first-order valence-electron chi connectivity index (χ1n) is 10.6. The number of hydrogen-bond acceptors (Lipinski definition) is 3. The topological polar surface area (TPSA) is 35.5 Å². The molecule has 0 radical (unpaired) electrons. The molecule has 3 heteroatoms. The molecule has 28 heavy (non-hydrogen) atoms. The van der Waals surface area contributed by atoms with E-state index in [1.807, 2.05) is 31.2 Å². The Morgan fingerprint density at radius 3 is 2.11 bits per heavy atom. The van der Waals surface area contributed by atoms with Crippen molar-refractivity contribution in [3.8, 4) is 11.5 Å². The van der Waals surface area contributed by atoms with E-state index in [2.05, 4.69) is 32.9 Å². The van der Waals surface area contributed by atoms with Crippen LogP contribution >= 0.6 is 0 Å². The molecule has 0 aromatic heterocycles. The molecule has 1 unspecified atom stereocenters. The van der Waals surface area contributed by atoms with Crippen LogP contribution in [0.25, 0.3) is 0 Å². The summed E-state index contributed by atoms with van der Waals surface area (Å²) in [7, 11) is 0. The lowest BCUT2D eigenvalue weighted by Crippen LogP contribution is -2.11. The third kappa shape index (κ3) is 7.38. The van der Waals surface area contributed by atoms with Gasteiger partial charge in [0, 0.05) is 0 Å². The van der Waals surface area contributed by atoms with Gasteiger partial charge in [-0.2, -0.15) is 0 Å². The minimum atomic E-state index is -0.351. The summed E-state index contributed by atoms with van der Waals surface area (Å²) in [6.45, 7) is 8.67. The van der Waals surface area contributed by atoms with Crippen LogP contribution in [0.4, 0.5) is 0 Å². The first-order chi connectivity index (χ1) is 13.5. The van der Waals surface area contributed by atoms with Gasteiger partial charge in [-0.05, 0) is 74.1 Å². The second-order valence-electron chi connectivity index (χ2n) is 7.65. The fraction of sp³-hybridized carbons (Fsp3) is 0.480. The van der Waals surface area contributed by atoms with Crippen molar-refractivity contribution in [1.82, 2.24) is 0 Å². The van der Waals surface area contributed by atoms with Gasteiger partial charge in [-0.25, -0.2) is 4.79 Å². The van der Waals surface area contributed by atoms with Crippen molar-refractivity contribution < 1.29 is 14.3 Å². The average Bonchev–Trinajstić information content (AvgIpc) is 2.72. The number of esters is 1. The monoisotopic (exact) mass is 382 g/mol. The molecular weight excluding hydrogens is 348 g/mol. The molecule has 3 nitrogen and oxygen atoms in total. The summed E-state index contributed by atoms with van der Waals surface area (Å²) in [5.74, 6) is 1.81. The summed E-state index contributed by atoms with van der Waals surface area (Å²) in [5, 5.41) is 0. The normalized spacial score (nSPS) is 13.0. The second-order valence-corrected chi connectivity index (χ2v) is 7.65. The van der Waals surface area contributed by atoms with Gasteiger partial charge in [-0.1, -0.05) is 52.2 Å². The minimum absolute atomic E-state index is 0.159. The lowest BCUT2D eigenvalue weighted by molar-refractivity contribution is 0.0734. The molecule has 2 rings (SSSR count). The van der Waals surface area contributed by atoms with E-state index in [1.54, 1.807) is 12.1 Å². The summed E-state index contributed by atoms with van der Waals surface area (Å²) < 4.78 is 11.2. The van der Waals surface area contributed by atoms with Gasteiger partial charge < -0.3 is 9.47 Å². The highest BCUT2D eigenvalue weighted by Gasteiger charge is 2.10. The van der Waals surface area contributed by atoms with Crippen molar-refractivity contribution in [2.24, 2.45) is 5.92 Å². The summed E-state index contributed by atoms with van der Waals surface area (Å²) in [6.07, 6.45) is 7.20. The van der Waals surface area contributed by atoms with Crippen LogP contribution < -0.4 is 9.47 Å². The summed E-state index contributed by atoms with van der Waals surface area (Å²) in [6, 6.07) is 15.0. The van der Waals surface area contributed by atoms with Gasteiger partial charge in [0.05, 0.1) is 11.7 Å². The number of rotatable bonds is 11. The molecule has 0 aliphatic heterocycles. The molecule has 0 spiro atoms. The molecule has 0 aliphatic carbocycles. The third-order valence-electron chi connectivity index (χ3n) is 5.25. The van der Waals surface area contributed by atoms with Crippen molar-refractivity contribution in [1.29, 1.82) is 0 Å². The molecule has 0 aliphatic rings. The number of carbonyl (C=O) groups is 1. The number of ether oxygens (including phenoxy) is 2. The van der Waals surface area contributed by atoms with E-state index in [9.17, 15) is 4.79 Å². The maximum atomic E-state index is 12.3. The van der Waals surface area contributed by atoms with Gasteiger partial charge >= 0.3 is 5.97 Å². The lowest BCUT2D eigenvalue weighted by Gasteiger charge is -2.12. The smallest absolute Gasteiger partial charge is 0.343 e. The Morgan fingerprint density at radius 2 is 1.50 bits per heavy atom. The molecule has 152 valence electrons. The first-order valence-corrected chi connectivity index (χ1v) is 10.6. The molecule has 0 amide bonds. The van der Waals surface area contributed by atoms with Gasteiger partial charge in [0.1, 0.15) is 11.5 Å². The molecule has 0 saturated heterocycles. The van der Waals surface area contributed by atoms with Crippen LogP contribution in [0.15, 0.2) is 48.5 Å². The Kier molecular flexibility index (Phi) is 9.06. The highest BCUT2D eigenvalue weighted by Crippen LogP contribution is 2.19. The minimum Gasteiger partial charge on any atom is -0.491 e. The zero-order chi connectivity index (χ0) is 20.4. The van der Waals surface area contributed by atoms with Crippen molar-refractivity contribution in [3.05, 3.63) is 59.7 Å². The molecular formula is C25H34O3. The van der Waals surface area contributed by atoms with E-state index in [1.165, 1.54) is 31.2 Å². The predicted octanol–water partition coefficient (Wildman–Crippen LogP) is 6.84. The van der Waals surface area contributed by atoms with Crippen LogP contribution in [0.5, 0.6) is 11.5 Å². The molecule has 0 N–H and O–H groups in total. The molecule has 2 aromatic rings. The zero-order valence-electron chi connectivity index (χ0n) is 17.7. The Bertz CT molecular complexity index is 704. The maximum Gasteiger partial charge on any atom is 0.343 e. The second kappa shape index (κ2) is 11.5. The number of benzene rings is 2. The van der Waals surface area contributed by atoms with Crippen LogP contribution in [-0.4, -0.2) is 12.1 Å². The van der Waals surface area contributed by atoms with E-state index >= 15 is 0 Å². The summed E-state index contributed by atoms with van der Waals surface area (Å²) in [5.41, 5.74) is 1.81. The largest absolute Gasteiger partial charge is 0.491 e. The zero-order valence-corrected chi connectivity index (χ0v) is 17.7. The number of hydrogen-bond donors (Lipinski definition) is 0. The Morgan fingerprint density at radius 1 is 0.857 bits per heavy atom. The molecule has 0 fully saturated rings. The molecule has 0 heterocycles. The van der Waals surface area contributed by atoms with Gasteiger partial charge in [-0.3, -0.25) is 0 Å².